The van der Waals surface area contributed by atoms with E-state index in [1.54, 1.807) is 0 Å². The van der Waals surface area contributed by atoms with Gasteiger partial charge in [0.05, 0.1) is 0 Å². The van der Waals surface area contributed by atoms with Gasteiger partial charge < -0.3 is 0 Å². The monoisotopic (exact) mass is 202 g/mol. The maximum Gasteiger partial charge on any atom is -0.0448 e. The SMILES string of the molecule is CC(C)C(C)C.CCCC.CCCC. The van der Waals surface area contributed by atoms with E-state index in [2.05, 4.69) is 55.4 Å². The van der Waals surface area contributed by atoms with E-state index in [1.165, 1.54) is 25.7 Å². The summed E-state index contributed by atoms with van der Waals surface area (Å²) in [5, 5.41) is 0. The highest BCUT2D eigenvalue weighted by Crippen LogP contribution is 2.05. The average Bonchev–Trinajstić information content (AvgIpc) is 2.18. The molecule has 0 bridgehead atoms. The maximum atomic E-state index is 2.24. The van der Waals surface area contributed by atoms with Gasteiger partial charge in [0.25, 0.3) is 0 Å². The van der Waals surface area contributed by atoms with Crippen molar-refractivity contribution in [2.45, 2.75) is 81.1 Å². The van der Waals surface area contributed by atoms with Gasteiger partial charge in [0.2, 0.25) is 0 Å². The smallest absolute Gasteiger partial charge is 0.0448 e. The molecule has 0 amide bonds. The van der Waals surface area contributed by atoms with E-state index in [-0.39, 0.29) is 0 Å². The van der Waals surface area contributed by atoms with Crippen LogP contribution >= 0.6 is 0 Å². The highest BCUT2D eigenvalue weighted by molar-refractivity contribution is 4.46. The molecule has 0 atom stereocenters. The van der Waals surface area contributed by atoms with Crippen molar-refractivity contribution in [3.63, 3.8) is 0 Å². The average molecular weight is 202 g/mol. The summed E-state index contributed by atoms with van der Waals surface area (Å²) in [5.74, 6) is 1.70. The summed E-state index contributed by atoms with van der Waals surface area (Å²) in [6.07, 6.45) is 5.28. The minimum atomic E-state index is 0.852. The first-order valence-corrected chi connectivity index (χ1v) is 6.47. The molecule has 0 unspecified atom stereocenters. The van der Waals surface area contributed by atoms with Crippen molar-refractivity contribution in [3.05, 3.63) is 0 Å². The van der Waals surface area contributed by atoms with Crippen LogP contribution in [0.5, 0.6) is 0 Å². The van der Waals surface area contributed by atoms with Crippen LogP contribution < -0.4 is 0 Å². The molecule has 0 fully saturated rings. The van der Waals surface area contributed by atoms with Gasteiger partial charge in [-0.1, -0.05) is 81.1 Å². The molecule has 0 radical (unpaired) electrons. The number of hydrogen-bond donors (Lipinski definition) is 0. The standard InChI is InChI=1S/C6H14.2C4H10/c1-5(2)6(3)4;2*1-3-4-2/h5-6H,1-4H3;2*3-4H2,1-2H3. The van der Waals surface area contributed by atoms with Gasteiger partial charge in [0.15, 0.2) is 0 Å². The van der Waals surface area contributed by atoms with Gasteiger partial charge in [-0.25, -0.2) is 0 Å². The molecule has 0 spiro atoms. The van der Waals surface area contributed by atoms with E-state index in [0.717, 1.165) is 11.8 Å². The van der Waals surface area contributed by atoms with Gasteiger partial charge >= 0.3 is 0 Å². The first-order valence-electron chi connectivity index (χ1n) is 6.47. The molecule has 0 aliphatic carbocycles. The van der Waals surface area contributed by atoms with Gasteiger partial charge in [-0.15, -0.1) is 0 Å². The van der Waals surface area contributed by atoms with Crippen LogP contribution in [0, 0.1) is 11.8 Å². The van der Waals surface area contributed by atoms with Crippen molar-refractivity contribution in [1.29, 1.82) is 0 Å². The predicted molar refractivity (Wildman–Crippen MR) is 70.8 cm³/mol. The minimum absolute atomic E-state index is 0.852. The van der Waals surface area contributed by atoms with Gasteiger partial charge in [-0.2, -0.15) is 0 Å². The molecule has 14 heavy (non-hydrogen) atoms. The van der Waals surface area contributed by atoms with Crippen LogP contribution in [-0.2, 0) is 0 Å². The van der Waals surface area contributed by atoms with E-state index in [0.29, 0.717) is 0 Å². The van der Waals surface area contributed by atoms with Crippen LogP contribution in [0.3, 0.4) is 0 Å². The van der Waals surface area contributed by atoms with Crippen LogP contribution in [-0.4, -0.2) is 0 Å². The van der Waals surface area contributed by atoms with Crippen LogP contribution in [0.1, 0.15) is 81.1 Å². The molecular weight excluding hydrogens is 168 g/mol. The van der Waals surface area contributed by atoms with Crippen LogP contribution in [0.15, 0.2) is 0 Å². The molecule has 0 heteroatoms. The Kier molecular flexibility index (Phi) is 26.1. The van der Waals surface area contributed by atoms with Crippen molar-refractivity contribution in [2.24, 2.45) is 11.8 Å². The van der Waals surface area contributed by atoms with E-state index >= 15 is 0 Å². The summed E-state index contributed by atoms with van der Waals surface area (Å²) < 4.78 is 0. The summed E-state index contributed by atoms with van der Waals surface area (Å²) >= 11 is 0. The molecule has 0 aromatic heterocycles. The Morgan fingerprint density at radius 3 is 0.643 bits per heavy atom. The van der Waals surface area contributed by atoms with Gasteiger partial charge in [-0.05, 0) is 11.8 Å². The molecule has 0 rings (SSSR count). The van der Waals surface area contributed by atoms with E-state index in [1.807, 2.05) is 0 Å². The third-order valence-corrected chi connectivity index (χ3v) is 2.33. The molecular formula is C14H34. The third-order valence-electron chi connectivity index (χ3n) is 2.33. The molecule has 0 aliphatic heterocycles. The molecule has 0 nitrogen and oxygen atoms in total. The molecule has 0 saturated heterocycles. The van der Waals surface area contributed by atoms with Gasteiger partial charge in [0, 0.05) is 0 Å². The topological polar surface area (TPSA) is 0 Å². The molecule has 0 aromatic rings. The number of unbranched alkanes of at least 4 members (excludes halogenated alkanes) is 2. The van der Waals surface area contributed by atoms with E-state index < -0.39 is 0 Å². The minimum Gasteiger partial charge on any atom is -0.0654 e. The van der Waals surface area contributed by atoms with Gasteiger partial charge in [0.1, 0.15) is 0 Å². The van der Waals surface area contributed by atoms with Crippen molar-refractivity contribution in [3.8, 4) is 0 Å². The second-order valence-electron chi connectivity index (χ2n) is 4.49. The Balaban J connectivity index is -0.000000135. The second-order valence-corrected chi connectivity index (χ2v) is 4.49. The lowest BCUT2D eigenvalue weighted by Gasteiger charge is -2.05. The van der Waals surface area contributed by atoms with Gasteiger partial charge in [-0.3, -0.25) is 0 Å². The highest BCUT2D eigenvalue weighted by Gasteiger charge is 1.95. The zero-order valence-electron chi connectivity index (χ0n) is 12.0. The Morgan fingerprint density at radius 2 is 0.643 bits per heavy atom. The largest absolute Gasteiger partial charge is 0.0654 e. The lowest BCUT2D eigenvalue weighted by Crippen LogP contribution is -1.95. The zero-order valence-corrected chi connectivity index (χ0v) is 12.0. The quantitative estimate of drug-likeness (QED) is 0.533. The van der Waals surface area contributed by atoms with Crippen LogP contribution in [0.25, 0.3) is 0 Å². The normalized spacial score (nSPS) is 9.00. The van der Waals surface area contributed by atoms with Crippen molar-refractivity contribution in [2.75, 3.05) is 0 Å². The Bertz CT molecular complexity index is 48.4. The Hall–Kier alpha value is 0. The van der Waals surface area contributed by atoms with Crippen molar-refractivity contribution >= 4 is 0 Å². The van der Waals surface area contributed by atoms with E-state index in [9.17, 15) is 0 Å². The maximum absolute atomic E-state index is 2.24. The van der Waals surface area contributed by atoms with Crippen molar-refractivity contribution < 1.29 is 0 Å². The summed E-state index contributed by atoms with van der Waals surface area (Å²) in [7, 11) is 0. The highest BCUT2D eigenvalue weighted by atomic mass is 14.0. The lowest BCUT2D eigenvalue weighted by molar-refractivity contribution is 0.457. The zero-order chi connectivity index (χ0) is 12.0. The summed E-state index contributed by atoms with van der Waals surface area (Å²) in [5.41, 5.74) is 0. The number of rotatable bonds is 3. The van der Waals surface area contributed by atoms with Crippen LogP contribution in [0.2, 0.25) is 0 Å². The fourth-order valence-electron chi connectivity index (χ4n) is 0. The summed E-state index contributed by atoms with van der Waals surface area (Å²) in [4.78, 5) is 0. The Labute approximate surface area is 93.5 Å². The fourth-order valence-corrected chi connectivity index (χ4v) is 0. The summed E-state index contributed by atoms with van der Waals surface area (Å²) in [6, 6.07) is 0. The lowest BCUT2D eigenvalue weighted by atomic mass is 10.0. The fraction of sp³-hybridized carbons (Fsp3) is 1.00. The molecule has 0 heterocycles. The van der Waals surface area contributed by atoms with E-state index in [4.69, 9.17) is 0 Å². The number of hydrogen-bond acceptors (Lipinski definition) is 0. The molecule has 0 N–H and O–H groups in total. The predicted octanol–water partition coefficient (Wildman–Crippen LogP) is 5.91. The first kappa shape index (κ1) is 19.6. The Morgan fingerprint density at radius 1 is 0.500 bits per heavy atom. The van der Waals surface area contributed by atoms with Crippen molar-refractivity contribution in [1.82, 2.24) is 0 Å². The van der Waals surface area contributed by atoms with Crippen LogP contribution in [0.4, 0.5) is 0 Å². The summed E-state index contributed by atoms with van der Waals surface area (Å²) in [6.45, 7) is 17.7. The molecule has 90 valence electrons. The second kappa shape index (κ2) is 18.7. The molecule has 0 aliphatic rings. The third kappa shape index (κ3) is 40.3. The first-order chi connectivity index (χ1) is 6.47. The molecule has 0 aromatic carbocycles. The molecule has 0 saturated carbocycles.